The number of carbonyl (C=O) groups is 1. The zero-order chi connectivity index (χ0) is 12.3. The maximum absolute atomic E-state index is 10.8. The summed E-state index contributed by atoms with van der Waals surface area (Å²) < 4.78 is 0. The molecule has 0 unspecified atom stereocenters. The highest BCUT2D eigenvalue weighted by Gasteiger charge is 2.17. The molecule has 1 atom stereocenters. The second-order valence-corrected chi connectivity index (χ2v) is 4.11. The van der Waals surface area contributed by atoms with Crippen molar-refractivity contribution in [3.8, 4) is 5.75 Å². The van der Waals surface area contributed by atoms with Gasteiger partial charge in [-0.2, -0.15) is 0 Å². The summed E-state index contributed by atoms with van der Waals surface area (Å²) in [6.45, 7) is 0. The van der Waals surface area contributed by atoms with E-state index in [0.29, 0.717) is 5.56 Å². The maximum atomic E-state index is 10.8. The third-order valence-corrected chi connectivity index (χ3v) is 2.74. The molecule has 1 aromatic rings. The molecule has 0 aromatic heterocycles. The van der Waals surface area contributed by atoms with Crippen LogP contribution in [0.5, 0.6) is 5.75 Å². The van der Waals surface area contributed by atoms with Crippen molar-refractivity contribution < 1.29 is 15.0 Å². The Morgan fingerprint density at radius 2 is 1.94 bits per heavy atom. The fourth-order valence-electron chi connectivity index (χ4n) is 1.28. The molecule has 0 radical (unpaired) electrons. The zero-order valence-electron chi connectivity index (χ0n) is 8.50. The molecule has 16 heavy (non-hydrogen) atoms. The Labute approximate surface area is 103 Å². The van der Waals surface area contributed by atoms with Gasteiger partial charge in [0.05, 0.1) is 10.0 Å². The summed E-state index contributed by atoms with van der Waals surface area (Å²) in [7, 11) is 1.56. The lowest BCUT2D eigenvalue weighted by Crippen LogP contribution is -2.35. The van der Waals surface area contributed by atoms with E-state index in [-0.39, 0.29) is 22.2 Å². The first-order valence-corrected chi connectivity index (χ1v) is 5.28. The number of phenolic OH excluding ortho intramolecular Hbond substituents is 1. The van der Waals surface area contributed by atoms with Crippen LogP contribution in [-0.2, 0) is 11.2 Å². The quantitative estimate of drug-likeness (QED) is 0.777. The first kappa shape index (κ1) is 13.1. The van der Waals surface area contributed by atoms with Gasteiger partial charge in [0, 0.05) is 0 Å². The smallest absolute Gasteiger partial charge is 0.321 e. The molecule has 0 bridgehead atoms. The van der Waals surface area contributed by atoms with Gasteiger partial charge in [-0.05, 0) is 31.2 Å². The van der Waals surface area contributed by atoms with Crippen LogP contribution in [0.1, 0.15) is 5.56 Å². The van der Waals surface area contributed by atoms with Gasteiger partial charge in [0.25, 0.3) is 0 Å². The molecule has 0 saturated heterocycles. The van der Waals surface area contributed by atoms with Crippen LogP contribution in [0, 0.1) is 0 Å². The largest absolute Gasteiger partial charge is 0.505 e. The minimum atomic E-state index is -0.956. The van der Waals surface area contributed by atoms with Gasteiger partial charge in [0.1, 0.15) is 6.04 Å². The van der Waals surface area contributed by atoms with E-state index in [1.807, 2.05) is 0 Å². The Balaban J connectivity index is 2.93. The van der Waals surface area contributed by atoms with E-state index in [9.17, 15) is 9.90 Å². The number of rotatable bonds is 4. The van der Waals surface area contributed by atoms with Crippen LogP contribution in [0.25, 0.3) is 0 Å². The summed E-state index contributed by atoms with van der Waals surface area (Å²) in [5.41, 5.74) is 0.648. The number of benzene rings is 1. The summed E-state index contributed by atoms with van der Waals surface area (Å²) in [4.78, 5) is 10.8. The lowest BCUT2D eigenvalue weighted by atomic mass is 10.1. The minimum Gasteiger partial charge on any atom is -0.505 e. The molecule has 0 amide bonds. The Bertz CT molecular complexity index is 386. The zero-order valence-corrected chi connectivity index (χ0v) is 10.0. The molecule has 0 heterocycles. The van der Waals surface area contributed by atoms with Crippen LogP contribution in [0.3, 0.4) is 0 Å². The number of aromatic hydroxyl groups is 1. The number of aliphatic carboxylic acids is 1. The predicted molar refractivity (Wildman–Crippen MR) is 62.3 cm³/mol. The van der Waals surface area contributed by atoms with Gasteiger partial charge >= 0.3 is 5.97 Å². The average molecular weight is 264 g/mol. The molecular formula is C10H11Cl2NO3. The fourth-order valence-corrected chi connectivity index (χ4v) is 1.82. The molecule has 1 aromatic carbocycles. The second kappa shape index (κ2) is 5.39. The van der Waals surface area contributed by atoms with E-state index in [4.69, 9.17) is 28.3 Å². The Hall–Kier alpha value is -0.970. The maximum Gasteiger partial charge on any atom is 0.321 e. The molecule has 0 aliphatic rings. The number of likely N-dealkylation sites (N-methyl/N-ethyl adjacent to an activating group) is 1. The number of phenols is 1. The van der Waals surface area contributed by atoms with Crippen molar-refractivity contribution in [2.75, 3.05) is 7.05 Å². The van der Waals surface area contributed by atoms with Crippen molar-refractivity contribution in [1.29, 1.82) is 0 Å². The highest BCUT2D eigenvalue weighted by molar-refractivity contribution is 6.37. The molecule has 88 valence electrons. The molecule has 3 N–H and O–H groups in total. The third-order valence-electron chi connectivity index (χ3n) is 2.16. The summed E-state index contributed by atoms with van der Waals surface area (Å²) >= 11 is 11.4. The predicted octanol–water partition coefficient (Wildman–Crippen LogP) is 1.91. The molecule has 6 heteroatoms. The van der Waals surface area contributed by atoms with Gasteiger partial charge in [-0.15, -0.1) is 0 Å². The van der Waals surface area contributed by atoms with Crippen molar-refractivity contribution in [1.82, 2.24) is 5.32 Å². The lowest BCUT2D eigenvalue weighted by molar-refractivity contribution is -0.139. The van der Waals surface area contributed by atoms with E-state index in [1.54, 1.807) is 7.05 Å². The Kier molecular flexibility index (Phi) is 4.41. The van der Waals surface area contributed by atoms with Gasteiger partial charge < -0.3 is 15.5 Å². The number of hydrogen-bond donors (Lipinski definition) is 3. The lowest BCUT2D eigenvalue weighted by Gasteiger charge is -2.12. The number of hydrogen-bond acceptors (Lipinski definition) is 3. The van der Waals surface area contributed by atoms with Crippen LogP contribution < -0.4 is 5.32 Å². The van der Waals surface area contributed by atoms with Crippen molar-refractivity contribution >= 4 is 29.2 Å². The van der Waals surface area contributed by atoms with E-state index >= 15 is 0 Å². The van der Waals surface area contributed by atoms with Crippen LogP contribution >= 0.6 is 23.2 Å². The molecular weight excluding hydrogens is 253 g/mol. The van der Waals surface area contributed by atoms with E-state index in [2.05, 4.69) is 5.32 Å². The molecule has 0 fully saturated rings. The van der Waals surface area contributed by atoms with E-state index in [1.165, 1.54) is 12.1 Å². The van der Waals surface area contributed by atoms with Crippen molar-refractivity contribution in [2.24, 2.45) is 0 Å². The highest BCUT2D eigenvalue weighted by Crippen LogP contribution is 2.32. The molecule has 0 aliphatic carbocycles. The standard InChI is InChI=1S/C10H11Cl2NO3/c1-13-8(10(15)16)4-5-2-6(11)9(14)7(12)3-5/h2-3,8,13-14H,4H2,1H3,(H,15,16)/t8-/m0/s1. The Morgan fingerprint density at radius 1 is 1.44 bits per heavy atom. The highest BCUT2D eigenvalue weighted by atomic mass is 35.5. The van der Waals surface area contributed by atoms with Crippen LogP contribution in [-0.4, -0.2) is 29.3 Å². The molecule has 1 rings (SSSR count). The minimum absolute atomic E-state index is 0.114. The van der Waals surface area contributed by atoms with Crippen LogP contribution in [0.15, 0.2) is 12.1 Å². The van der Waals surface area contributed by atoms with Crippen LogP contribution in [0.4, 0.5) is 0 Å². The van der Waals surface area contributed by atoms with Gasteiger partial charge in [-0.3, -0.25) is 4.79 Å². The Morgan fingerprint density at radius 3 is 2.31 bits per heavy atom. The number of carboxylic acids is 1. The first-order valence-electron chi connectivity index (χ1n) is 4.52. The average Bonchev–Trinajstić information content (AvgIpc) is 2.21. The van der Waals surface area contributed by atoms with Gasteiger partial charge in [0.15, 0.2) is 5.75 Å². The fraction of sp³-hybridized carbons (Fsp3) is 0.300. The van der Waals surface area contributed by atoms with E-state index < -0.39 is 12.0 Å². The second-order valence-electron chi connectivity index (χ2n) is 3.29. The van der Waals surface area contributed by atoms with Gasteiger partial charge in [-0.25, -0.2) is 0 Å². The first-order chi connectivity index (χ1) is 7.45. The third kappa shape index (κ3) is 3.01. The molecule has 0 spiro atoms. The number of nitrogens with one attached hydrogen (secondary N) is 1. The van der Waals surface area contributed by atoms with Crippen LogP contribution in [0.2, 0.25) is 10.0 Å². The number of carboxylic acid groups (broad SMARTS) is 1. The topological polar surface area (TPSA) is 69.6 Å². The molecule has 0 saturated carbocycles. The normalized spacial score (nSPS) is 12.4. The summed E-state index contributed by atoms with van der Waals surface area (Å²) in [6, 6.07) is 2.28. The van der Waals surface area contributed by atoms with Crippen molar-refractivity contribution in [2.45, 2.75) is 12.5 Å². The summed E-state index contributed by atoms with van der Waals surface area (Å²) in [6.07, 6.45) is 0.242. The van der Waals surface area contributed by atoms with Crippen molar-refractivity contribution in [3.05, 3.63) is 27.7 Å². The van der Waals surface area contributed by atoms with Gasteiger partial charge in [0.2, 0.25) is 0 Å². The molecule has 4 nitrogen and oxygen atoms in total. The summed E-state index contributed by atoms with van der Waals surface area (Å²) in [5.74, 6) is -1.15. The number of halogens is 2. The molecule has 0 aliphatic heterocycles. The van der Waals surface area contributed by atoms with E-state index in [0.717, 1.165) is 0 Å². The monoisotopic (exact) mass is 263 g/mol. The SMILES string of the molecule is CN[C@@H](Cc1cc(Cl)c(O)c(Cl)c1)C(=O)O. The van der Waals surface area contributed by atoms with Crippen molar-refractivity contribution in [3.63, 3.8) is 0 Å². The van der Waals surface area contributed by atoms with Gasteiger partial charge in [-0.1, -0.05) is 23.2 Å². The summed E-state index contributed by atoms with van der Waals surface area (Å²) in [5, 5.41) is 21.1.